The van der Waals surface area contributed by atoms with E-state index < -0.39 is 33.3 Å². The van der Waals surface area contributed by atoms with Gasteiger partial charge < -0.3 is 5.32 Å². The number of nitrogens with zero attached hydrogens (tertiary/aromatic N) is 1. The molecule has 0 radical (unpaired) electrons. The molecule has 2 aromatic carbocycles. The highest BCUT2D eigenvalue weighted by Gasteiger charge is 2.28. The fourth-order valence-corrected chi connectivity index (χ4v) is 5.08. The molecule has 0 unspecified atom stereocenters. The summed E-state index contributed by atoms with van der Waals surface area (Å²) in [5.41, 5.74) is -0.667. The zero-order chi connectivity index (χ0) is 20.3. The summed E-state index contributed by atoms with van der Waals surface area (Å²) in [6.45, 7) is 0.769. The third-order valence-electron chi connectivity index (χ3n) is 4.58. The average Bonchev–Trinajstić information content (AvgIpc) is 2.95. The van der Waals surface area contributed by atoms with E-state index in [0.29, 0.717) is 13.1 Å². The zero-order valence-corrected chi connectivity index (χ0v) is 16.5. The molecule has 0 saturated carbocycles. The van der Waals surface area contributed by atoms with E-state index in [1.165, 1.54) is 22.5 Å². The number of hydrogen-bond acceptors (Lipinski definition) is 3. The lowest BCUT2D eigenvalue weighted by molar-refractivity contribution is 0.102. The van der Waals surface area contributed by atoms with Crippen molar-refractivity contribution in [1.82, 2.24) is 4.31 Å². The van der Waals surface area contributed by atoms with Gasteiger partial charge in [-0.2, -0.15) is 4.31 Å². The number of hydrogen-bond donors (Lipinski definition) is 1. The maximum atomic E-state index is 13.8. The smallest absolute Gasteiger partial charge is 0.255 e. The van der Waals surface area contributed by atoms with Crippen LogP contribution in [0.1, 0.15) is 36.0 Å². The fraction of sp³-hybridized carbons (Fsp3) is 0.316. The van der Waals surface area contributed by atoms with Crippen LogP contribution in [0.15, 0.2) is 41.3 Å². The summed E-state index contributed by atoms with van der Waals surface area (Å²) in [5.74, 6) is -2.70. The van der Waals surface area contributed by atoms with Crippen LogP contribution in [0.5, 0.6) is 0 Å². The monoisotopic (exact) mass is 428 g/mol. The summed E-state index contributed by atoms with van der Waals surface area (Å²) in [6.07, 6.45) is 3.42. The van der Waals surface area contributed by atoms with Crippen LogP contribution < -0.4 is 5.32 Å². The standard InChI is InChI=1S/C19H19ClF2N2O3S/c20-14-9-8-13(19(25)23-18-15(21)6-5-7-16(18)22)12-17(14)28(26,27)24-10-3-1-2-4-11-24/h5-9,12H,1-4,10-11H2,(H,23,25). The first-order valence-corrected chi connectivity index (χ1v) is 10.7. The van der Waals surface area contributed by atoms with Gasteiger partial charge in [-0.15, -0.1) is 0 Å². The van der Waals surface area contributed by atoms with Crippen molar-refractivity contribution in [3.8, 4) is 0 Å². The highest BCUT2D eigenvalue weighted by Crippen LogP contribution is 2.28. The molecule has 9 heteroatoms. The van der Waals surface area contributed by atoms with E-state index in [4.69, 9.17) is 11.6 Å². The summed E-state index contributed by atoms with van der Waals surface area (Å²) >= 11 is 6.10. The van der Waals surface area contributed by atoms with Gasteiger partial charge in [-0.1, -0.05) is 30.5 Å². The molecule has 1 fully saturated rings. The van der Waals surface area contributed by atoms with Gasteiger partial charge >= 0.3 is 0 Å². The van der Waals surface area contributed by atoms with Crippen molar-refractivity contribution in [2.75, 3.05) is 18.4 Å². The van der Waals surface area contributed by atoms with Crippen LogP contribution in [0, 0.1) is 11.6 Å². The number of para-hydroxylation sites is 1. The van der Waals surface area contributed by atoms with Crippen LogP contribution in [0.4, 0.5) is 14.5 Å². The van der Waals surface area contributed by atoms with Gasteiger partial charge in [0.2, 0.25) is 10.0 Å². The molecule has 1 aliphatic heterocycles. The lowest BCUT2D eigenvalue weighted by Gasteiger charge is -2.21. The van der Waals surface area contributed by atoms with Gasteiger partial charge in [0.1, 0.15) is 22.2 Å². The number of carbonyl (C=O) groups excluding carboxylic acids is 1. The molecule has 0 aliphatic carbocycles. The quantitative estimate of drug-likeness (QED) is 0.783. The lowest BCUT2D eigenvalue weighted by atomic mass is 10.2. The average molecular weight is 429 g/mol. The minimum Gasteiger partial charge on any atom is -0.317 e. The Morgan fingerprint density at radius 2 is 1.61 bits per heavy atom. The van der Waals surface area contributed by atoms with Gasteiger partial charge in [0, 0.05) is 18.7 Å². The van der Waals surface area contributed by atoms with Crippen LogP contribution in [0.25, 0.3) is 0 Å². The van der Waals surface area contributed by atoms with Crippen molar-refractivity contribution >= 4 is 33.2 Å². The first-order valence-electron chi connectivity index (χ1n) is 8.86. The highest BCUT2D eigenvalue weighted by atomic mass is 35.5. The Hall–Kier alpha value is -2.03. The van der Waals surface area contributed by atoms with Crippen molar-refractivity contribution in [2.24, 2.45) is 0 Å². The van der Waals surface area contributed by atoms with Gasteiger partial charge in [0.25, 0.3) is 5.91 Å². The molecule has 1 amide bonds. The number of amides is 1. The molecule has 5 nitrogen and oxygen atoms in total. The molecule has 3 rings (SSSR count). The number of nitrogens with one attached hydrogen (secondary N) is 1. The summed E-state index contributed by atoms with van der Waals surface area (Å²) in [5, 5.41) is 2.13. The molecule has 28 heavy (non-hydrogen) atoms. The van der Waals surface area contributed by atoms with Crippen molar-refractivity contribution in [1.29, 1.82) is 0 Å². The van der Waals surface area contributed by atoms with Crippen molar-refractivity contribution in [2.45, 2.75) is 30.6 Å². The Balaban J connectivity index is 1.91. The van der Waals surface area contributed by atoms with E-state index in [1.54, 1.807) is 0 Å². The largest absolute Gasteiger partial charge is 0.317 e. The predicted molar refractivity (Wildman–Crippen MR) is 103 cm³/mol. The topological polar surface area (TPSA) is 66.5 Å². The maximum absolute atomic E-state index is 13.8. The van der Waals surface area contributed by atoms with Crippen molar-refractivity contribution < 1.29 is 22.0 Å². The third-order valence-corrected chi connectivity index (χ3v) is 6.96. The molecule has 1 saturated heterocycles. The Bertz CT molecular complexity index is 970. The molecular weight excluding hydrogens is 410 g/mol. The highest BCUT2D eigenvalue weighted by molar-refractivity contribution is 7.89. The molecule has 150 valence electrons. The van der Waals surface area contributed by atoms with Gasteiger partial charge in [-0.05, 0) is 43.2 Å². The second kappa shape index (κ2) is 8.55. The summed E-state index contributed by atoms with van der Waals surface area (Å²) < 4.78 is 54.9. The van der Waals surface area contributed by atoms with Crippen LogP contribution >= 0.6 is 11.6 Å². The van der Waals surface area contributed by atoms with E-state index in [2.05, 4.69) is 5.32 Å². The molecule has 0 bridgehead atoms. The first kappa shape index (κ1) is 20.7. The van der Waals surface area contributed by atoms with Crippen LogP contribution in [0.2, 0.25) is 5.02 Å². The minimum atomic E-state index is -3.89. The second-order valence-corrected chi connectivity index (χ2v) is 8.83. The Labute approximate surface area is 167 Å². The lowest BCUT2D eigenvalue weighted by Crippen LogP contribution is -2.32. The van der Waals surface area contributed by atoms with E-state index in [1.807, 2.05) is 0 Å². The molecular formula is C19H19ClF2N2O3S. The summed E-state index contributed by atoms with van der Waals surface area (Å²) in [7, 11) is -3.89. The second-order valence-electron chi connectivity index (χ2n) is 6.51. The van der Waals surface area contributed by atoms with Gasteiger partial charge in [0.05, 0.1) is 5.02 Å². The molecule has 0 aromatic heterocycles. The number of sulfonamides is 1. The fourth-order valence-electron chi connectivity index (χ4n) is 3.07. The molecule has 1 aliphatic rings. The zero-order valence-electron chi connectivity index (χ0n) is 14.9. The van der Waals surface area contributed by atoms with E-state index in [0.717, 1.165) is 43.9 Å². The predicted octanol–water partition coefficient (Wildman–Crippen LogP) is 4.44. The van der Waals surface area contributed by atoms with E-state index >= 15 is 0 Å². The minimum absolute atomic E-state index is 0.0159. The van der Waals surface area contributed by atoms with Crippen LogP contribution in [-0.2, 0) is 10.0 Å². The molecule has 0 spiro atoms. The first-order chi connectivity index (χ1) is 13.3. The normalized spacial score (nSPS) is 15.8. The molecule has 2 aromatic rings. The SMILES string of the molecule is O=C(Nc1c(F)cccc1F)c1ccc(Cl)c(S(=O)(=O)N2CCCCCC2)c1. The van der Waals surface area contributed by atoms with Crippen LogP contribution in [-0.4, -0.2) is 31.7 Å². The van der Waals surface area contributed by atoms with E-state index in [-0.39, 0.29) is 15.5 Å². The van der Waals surface area contributed by atoms with Crippen LogP contribution in [0.3, 0.4) is 0 Å². The number of halogens is 3. The number of benzene rings is 2. The Kier molecular flexibility index (Phi) is 6.32. The summed E-state index contributed by atoms with van der Waals surface area (Å²) in [6, 6.07) is 6.92. The summed E-state index contributed by atoms with van der Waals surface area (Å²) in [4.78, 5) is 12.2. The molecule has 1 N–H and O–H groups in total. The number of carbonyl (C=O) groups is 1. The van der Waals surface area contributed by atoms with Gasteiger partial charge in [-0.3, -0.25) is 4.79 Å². The Morgan fingerprint density at radius 1 is 1.00 bits per heavy atom. The van der Waals surface area contributed by atoms with Gasteiger partial charge in [0.15, 0.2) is 0 Å². The van der Waals surface area contributed by atoms with Gasteiger partial charge in [-0.25, -0.2) is 17.2 Å². The number of anilines is 1. The maximum Gasteiger partial charge on any atom is 0.255 e. The van der Waals surface area contributed by atoms with Crippen molar-refractivity contribution in [3.63, 3.8) is 0 Å². The number of rotatable bonds is 4. The van der Waals surface area contributed by atoms with Crippen molar-refractivity contribution in [3.05, 3.63) is 58.6 Å². The molecule has 0 atom stereocenters. The Morgan fingerprint density at radius 3 is 2.21 bits per heavy atom. The third kappa shape index (κ3) is 4.34. The van der Waals surface area contributed by atoms with E-state index in [9.17, 15) is 22.0 Å². The molecule has 1 heterocycles.